The predicted octanol–water partition coefficient (Wildman–Crippen LogP) is 2.43. The molecule has 3 rings (SSSR count). The highest BCUT2D eigenvalue weighted by atomic mass is 16.6. The molecule has 0 amide bonds. The van der Waals surface area contributed by atoms with Crippen molar-refractivity contribution in [1.29, 1.82) is 0 Å². The van der Waals surface area contributed by atoms with Crippen molar-refractivity contribution in [2.75, 3.05) is 6.61 Å². The number of aliphatic hydroxyl groups excluding tert-OH is 1. The maximum absolute atomic E-state index is 12.5. The van der Waals surface area contributed by atoms with Crippen LogP contribution < -0.4 is 10.2 Å². The largest absolute Gasteiger partial charge is 0.456 e. The lowest BCUT2D eigenvalue weighted by molar-refractivity contribution is -0.0178. The van der Waals surface area contributed by atoms with E-state index in [1.54, 1.807) is 12.1 Å². The van der Waals surface area contributed by atoms with Gasteiger partial charge in [-0.3, -0.25) is 4.79 Å². The summed E-state index contributed by atoms with van der Waals surface area (Å²) >= 11 is 0. The fourth-order valence-electron chi connectivity index (χ4n) is 2.75. The van der Waals surface area contributed by atoms with Gasteiger partial charge in [-0.05, 0) is 31.4 Å². The molecule has 2 atom stereocenters. The normalized spacial score (nSPS) is 25.9. The molecular weight excluding hydrogens is 244 g/mol. The van der Waals surface area contributed by atoms with Crippen LogP contribution in [0.4, 0.5) is 0 Å². The van der Waals surface area contributed by atoms with E-state index in [9.17, 15) is 9.90 Å². The van der Waals surface area contributed by atoms with Crippen LogP contribution in [0.3, 0.4) is 0 Å². The molecule has 4 nitrogen and oxygen atoms in total. The topological polar surface area (TPSA) is 59.7 Å². The van der Waals surface area contributed by atoms with Gasteiger partial charge in [-0.25, -0.2) is 0 Å². The van der Waals surface area contributed by atoms with Crippen molar-refractivity contribution in [2.24, 2.45) is 0 Å². The minimum Gasteiger partial charge on any atom is -0.456 e. The summed E-state index contributed by atoms with van der Waals surface area (Å²) in [6.45, 7) is 3.68. The zero-order valence-electron chi connectivity index (χ0n) is 11.0. The van der Waals surface area contributed by atoms with Gasteiger partial charge >= 0.3 is 0 Å². The van der Waals surface area contributed by atoms with Crippen LogP contribution in [0.25, 0.3) is 11.0 Å². The Bertz CT molecular complexity index is 688. The standard InChI is InChI=1S/C15H16O4/c1-9-7-15(2,8-16)19-14-12(9)13(17)10-5-3-4-6-11(10)18-14/h3-6,9,16H,7-8H2,1-2H3. The molecule has 4 heteroatoms. The minimum atomic E-state index is -0.690. The summed E-state index contributed by atoms with van der Waals surface area (Å²) in [7, 11) is 0. The smallest absolute Gasteiger partial charge is 0.293 e. The van der Waals surface area contributed by atoms with Crippen LogP contribution in [0.1, 0.15) is 31.7 Å². The molecule has 1 aromatic carbocycles. The van der Waals surface area contributed by atoms with Gasteiger partial charge < -0.3 is 14.3 Å². The maximum Gasteiger partial charge on any atom is 0.293 e. The Morgan fingerprint density at radius 1 is 1.42 bits per heavy atom. The van der Waals surface area contributed by atoms with Gasteiger partial charge in [0.1, 0.15) is 11.2 Å². The summed E-state index contributed by atoms with van der Waals surface area (Å²) in [6, 6.07) is 7.14. The molecule has 1 N–H and O–H groups in total. The Labute approximate surface area is 110 Å². The van der Waals surface area contributed by atoms with Crippen LogP contribution in [-0.4, -0.2) is 17.3 Å². The summed E-state index contributed by atoms with van der Waals surface area (Å²) in [5.74, 6) is 0.251. The van der Waals surface area contributed by atoms with E-state index in [0.717, 1.165) is 0 Å². The first kappa shape index (κ1) is 12.2. The average molecular weight is 260 g/mol. The molecule has 19 heavy (non-hydrogen) atoms. The first-order chi connectivity index (χ1) is 9.04. The van der Waals surface area contributed by atoms with Gasteiger partial charge in [0.25, 0.3) is 5.95 Å². The van der Waals surface area contributed by atoms with Gasteiger partial charge in [0.15, 0.2) is 5.43 Å². The lowest BCUT2D eigenvalue weighted by atomic mass is 9.86. The van der Waals surface area contributed by atoms with E-state index >= 15 is 0 Å². The summed E-state index contributed by atoms with van der Waals surface area (Å²) in [6.07, 6.45) is 0.597. The molecule has 2 unspecified atom stereocenters. The summed E-state index contributed by atoms with van der Waals surface area (Å²) in [5, 5.41) is 10.0. The number of aliphatic hydroxyl groups is 1. The molecular formula is C15H16O4. The third kappa shape index (κ3) is 1.83. The molecule has 1 aromatic heterocycles. The third-order valence-corrected chi connectivity index (χ3v) is 3.70. The number of hydrogen-bond donors (Lipinski definition) is 1. The Morgan fingerprint density at radius 3 is 2.89 bits per heavy atom. The third-order valence-electron chi connectivity index (χ3n) is 3.70. The van der Waals surface area contributed by atoms with Crippen LogP contribution in [0.15, 0.2) is 33.5 Å². The molecule has 0 spiro atoms. The highest BCUT2D eigenvalue weighted by Crippen LogP contribution is 2.40. The molecule has 0 saturated carbocycles. The first-order valence-electron chi connectivity index (χ1n) is 6.40. The second-order valence-electron chi connectivity index (χ2n) is 5.44. The van der Waals surface area contributed by atoms with Crippen molar-refractivity contribution in [3.05, 3.63) is 40.1 Å². The number of ether oxygens (including phenoxy) is 1. The zero-order chi connectivity index (χ0) is 13.6. The lowest BCUT2D eigenvalue weighted by Gasteiger charge is -2.35. The van der Waals surface area contributed by atoms with Crippen LogP contribution in [-0.2, 0) is 0 Å². The summed E-state index contributed by atoms with van der Waals surface area (Å²) in [4.78, 5) is 12.5. The first-order valence-corrected chi connectivity index (χ1v) is 6.40. The predicted molar refractivity (Wildman–Crippen MR) is 71.6 cm³/mol. The van der Waals surface area contributed by atoms with E-state index in [0.29, 0.717) is 23.0 Å². The van der Waals surface area contributed by atoms with Crippen molar-refractivity contribution in [3.63, 3.8) is 0 Å². The SMILES string of the molecule is CC1CC(C)(CO)Oc2oc3ccccc3c(=O)c21. The van der Waals surface area contributed by atoms with Crippen LogP contribution in [0, 0.1) is 0 Å². The molecule has 0 aliphatic carbocycles. The van der Waals surface area contributed by atoms with Gasteiger partial charge in [-0.15, -0.1) is 0 Å². The van der Waals surface area contributed by atoms with Crippen LogP contribution in [0.5, 0.6) is 5.95 Å². The van der Waals surface area contributed by atoms with E-state index in [-0.39, 0.29) is 23.9 Å². The van der Waals surface area contributed by atoms with E-state index in [1.165, 1.54) is 0 Å². The van der Waals surface area contributed by atoms with Gasteiger partial charge in [0.2, 0.25) is 0 Å². The Kier molecular flexibility index (Phi) is 2.64. The quantitative estimate of drug-likeness (QED) is 0.855. The molecule has 0 saturated heterocycles. The molecule has 0 bridgehead atoms. The van der Waals surface area contributed by atoms with E-state index in [1.807, 2.05) is 26.0 Å². The van der Waals surface area contributed by atoms with Gasteiger partial charge in [0, 0.05) is 0 Å². The monoisotopic (exact) mass is 260 g/mol. The van der Waals surface area contributed by atoms with Gasteiger partial charge in [0.05, 0.1) is 17.6 Å². The number of para-hydroxylation sites is 1. The van der Waals surface area contributed by atoms with Gasteiger partial charge in [-0.1, -0.05) is 19.1 Å². The molecule has 2 aromatic rings. The van der Waals surface area contributed by atoms with Crippen molar-refractivity contribution in [1.82, 2.24) is 0 Å². The highest BCUT2D eigenvalue weighted by Gasteiger charge is 2.38. The number of benzene rings is 1. The van der Waals surface area contributed by atoms with Crippen molar-refractivity contribution < 1.29 is 14.3 Å². The van der Waals surface area contributed by atoms with Crippen molar-refractivity contribution in [2.45, 2.75) is 31.8 Å². The molecule has 1 aliphatic heterocycles. The Hall–Kier alpha value is -1.81. The molecule has 0 radical (unpaired) electrons. The second-order valence-corrected chi connectivity index (χ2v) is 5.44. The zero-order valence-corrected chi connectivity index (χ0v) is 11.0. The number of fused-ring (bicyclic) bond motifs is 2. The maximum atomic E-state index is 12.5. The van der Waals surface area contributed by atoms with Crippen LogP contribution in [0.2, 0.25) is 0 Å². The lowest BCUT2D eigenvalue weighted by Crippen LogP contribution is -2.42. The highest BCUT2D eigenvalue weighted by molar-refractivity contribution is 5.77. The van der Waals surface area contributed by atoms with Crippen LogP contribution >= 0.6 is 0 Å². The Balaban J connectivity index is 2.28. The molecule has 100 valence electrons. The fourth-order valence-corrected chi connectivity index (χ4v) is 2.75. The summed E-state index contributed by atoms with van der Waals surface area (Å²) < 4.78 is 11.4. The van der Waals surface area contributed by atoms with Crippen molar-refractivity contribution >= 4 is 11.0 Å². The molecule has 1 aliphatic rings. The van der Waals surface area contributed by atoms with E-state index in [2.05, 4.69) is 0 Å². The number of hydrogen-bond acceptors (Lipinski definition) is 4. The van der Waals surface area contributed by atoms with E-state index in [4.69, 9.17) is 9.15 Å². The van der Waals surface area contributed by atoms with E-state index < -0.39 is 5.60 Å². The Morgan fingerprint density at radius 2 is 2.16 bits per heavy atom. The molecule has 2 heterocycles. The minimum absolute atomic E-state index is 0.00163. The number of rotatable bonds is 1. The summed E-state index contributed by atoms with van der Waals surface area (Å²) in [5.41, 5.74) is 0.361. The second kappa shape index (κ2) is 4.10. The van der Waals surface area contributed by atoms with Gasteiger partial charge in [-0.2, -0.15) is 0 Å². The fraction of sp³-hybridized carbons (Fsp3) is 0.400. The average Bonchev–Trinajstić information content (AvgIpc) is 2.38. The molecule has 0 fully saturated rings. The van der Waals surface area contributed by atoms with Crippen molar-refractivity contribution in [3.8, 4) is 5.95 Å².